The van der Waals surface area contributed by atoms with E-state index in [1.165, 1.54) is 16.4 Å². The van der Waals surface area contributed by atoms with Crippen LogP contribution in [-0.2, 0) is 10.0 Å². The first-order valence-electron chi connectivity index (χ1n) is 7.44. The summed E-state index contributed by atoms with van der Waals surface area (Å²) < 4.78 is 27.1. The maximum atomic E-state index is 12.8. The highest BCUT2D eigenvalue weighted by Gasteiger charge is 2.34. The third kappa shape index (κ3) is 2.85. The van der Waals surface area contributed by atoms with Crippen LogP contribution in [0.5, 0.6) is 0 Å². The molecule has 1 aliphatic heterocycles. The van der Waals surface area contributed by atoms with Crippen molar-refractivity contribution in [2.75, 3.05) is 13.1 Å². The Kier molecular flexibility index (Phi) is 4.16. The predicted molar refractivity (Wildman–Crippen MR) is 86.2 cm³/mol. The summed E-state index contributed by atoms with van der Waals surface area (Å²) in [5.74, 6) is 0.146. The highest BCUT2D eigenvalue weighted by atomic mass is 32.2. The molecule has 1 aliphatic rings. The molecule has 0 radical (unpaired) electrons. The molecule has 0 unspecified atom stereocenters. The van der Waals surface area contributed by atoms with E-state index in [-0.39, 0.29) is 16.4 Å². The minimum atomic E-state index is -3.64. The van der Waals surface area contributed by atoms with Crippen LogP contribution in [0.25, 0.3) is 0 Å². The summed E-state index contributed by atoms with van der Waals surface area (Å²) >= 11 is 0. The van der Waals surface area contributed by atoms with Crippen LogP contribution >= 0.6 is 0 Å². The summed E-state index contributed by atoms with van der Waals surface area (Å²) in [6.45, 7) is 2.90. The topological polar surface area (TPSA) is 74.1 Å². The number of benzene rings is 1. The zero-order valence-corrected chi connectivity index (χ0v) is 13.6. The first-order valence-corrected chi connectivity index (χ1v) is 8.88. The minimum absolute atomic E-state index is 0.0889. The molecular weight excluding hydrogens is 310 g/mol. The molecule has 0 saturated carbocycles. The molecule has 3 rings (SSSR count). The Morgan fingerprint density at radius 3 is 2.83 bits per heavy atom. The molecule has 118 valence electrons. The van der Waals surface area contributed by atoms with Gasteiger partial charge in [0.1, 0.15) is 6.07 Å². The Morgan fingerprint density at radius 2 is 2.09 bits per heavy atom. The molecule has 0 bridgehead atoms. The molecule has 0 N–H and O–H groups in total. The molecule has 1 fully saturated rings. The van der Waals surface area contributed by atoms with Crippen LogP contribution < -0.4 is 0 Å². The van der Waals surface area contributed by atoms with Gasteiger partial charge in [0.2, 0.25) is 10.0 Å². The highest BCUT2D eigenvalue weighted by Crippen LogP contribution is 2.32. The molecule has 2 aromatic rings. The van der Waals surface area contributed by atoms with Crippen molar-refractivity contribution >= 4 is 10.0 Å². The van der Waals surface area contributed by atoms with Crippen molar-refractivity contribution in [3.8, 4) is 6.07 Å². The SMILES string of the molecule is Cc1ccncc1[C@@H]1CCN(S(=O)(=O)c2ccccc2C#N)C1. The molecule has 1 saturated heterocycles. The van der Waals surface area contributed by atoms with Crippen molar-refractivity contribution in [3.05, 3.63) is 59.4 Å². The molecule has 23 heavy (non-hydrogen) atoms. The Labute approximate surface area is 136 Å². The highest BCUT2D eigenvalue weighted by molar-refractivity contribution is 7.89. The van der Waals surface area contributed by atoms with Crippen molar-refractivity contribution in [1.29, 1.82) is 5.26 Å². The molecular formula is C17H17N3O2S. The minimum Gasteiger partial charge on any atom is -0.264 e. The van der Waals surface area contributed by atoms with Crippen LogP contribution in [0.4, 0.5) is 0 Å². The van der Waals surface area contributed by atoms with Gasteiger partial charge in [-0.1, -0.05) is 12.1 Å². The molecule has 1 aromatic heterocycles. The van der Waals surface area contributed by atoms with Crippen LogP contribution in [0.15, 0.2) is 47.6 Å². The third-order valence-electron chi connectivity index (χ3n) is 4.30. The van der Waals surface area contributed by atoms with Gasteiger partial charge in [0.25, 0.3) is 0 Å². The fourth-order valence-corrected chi connectivity index (χ4v) is 4.67. The number of nitrogens with zero attached hydrogens (tertiary/aromatic N) is 3. The van der Waals surface area contributed by atoms with E-state index in [1.807, 2.05) is 25.3 Å². The quantitative estimate of drug-likeness (QED) is 0.868. The standard InChI is InChI=1S/C17H17N3O2S/c1-13-6-8-19-11-16(13)15-7-9-20(12-15)23(21,22)17-5-3-2-4-14(17)10-18/h2-6,8,11,15H,7,9,12H2,1H3/t15-/m1/s1. The lowest BCUT2D eigenvalue weighted by Crippen LogP contribution is -2.29. The van der Waals surface area contributed by atoms with Gasteiger partial charge in [0.05, 0.1) is 10.5 Å². The molecule has 1 atom stereocenters. The van der Waals surface area contributed by atoms with E-state index in [0.29, 0.717) is 13.1 Å². The van der Waals surface area contributed by atoms with Crippen LogP contribution in [0, 0.1) is 18.3 Å². The van der Waals surface area contributed by atoms with Crippen molar-refractivity contribution in [2.24, 2.45) is 0 Å². The van der Waals surface area contributed by atoms with Gasteiger partial charge in [-0.25, -0.2) is 8.42 Å². The molecule has 6 heteroatoms. The van der Waals surface area contributed by atoms with Gasteiger partial charge in [0, 0.05) is 31.4 Å². The van der Waals surface area contributed by atoms with Crippen molar-refractivity contribution in [1.82, 2.24) is 9.29 Å². The monoisotopic (exact) mass is 327 g/mol. The van der Waals surface area contributed by atoms with E-state index < -0.39 is 10.0 Å². The van der Waals surface area contributed by atoms with Crippen LogP contribution in [-0.4, -0.2) is 30.8 Å². The number of pyridine rings is 1. The van der Waals surface area contributed by atoms with Crippen LogP contribution in [0.1, 0.15) is 29.0 Å². The summed E-state index contributed by atoms with van der Waals surface area (Å²) in [7, 11) is -3.64. The lowest BCUT2D eigenvalue weighted by atomic mass is 9.96. The summed E-state index contributed by atoms with van der Waals surface area (Å²) in [6.07, 6.45) is 4.32. The molecule has 0 spiro atoms. The number of hydrogen-bond acceptors (Lipinski definition) is 4. The summed E-state index contributed by atoms with van der Waals surface area (Å²) in [5.41, 5.74) is 2.41. The van der Waals surface area contributed by atoms with Gasteiger partial charge in [-0.15, -0.1) is 0 Å². The third-order valence-corrected chi connectivity index (χ3v) is 6.22. The number of hydrogen-bond donors (Lipinski definition) is 0. The maximum absolute atomic E-state index is 12.8. The maximum Gasteiger partial charge on any atom is 0.244 e. The van der Waals surface area contributed by atoms with Crippen molar-refractivity contribution < 1.29 is 8.42 Å². The summed E-state index contributed by atoms with van der Waals surface area (Å²) in [4.78, 5) is 4.24. The number of aryl methyl sites for hydroxylation is 1. The number of sulfonamides is 1. The fourth-order valence-electron chi connectivity index (χ4n) is 3.03. The predicted octanol–water partition coefficient (Wildman–Crippen LogP) is 2.44. The van der Waals surface area contributed by atoms with Gasteiger partial charge in [-0.05, 0) is 42.7 Å². The molecule has 2 heterocycles. The lowest BCUT2D eigenvalue weighted by molar-refractivity contribution is 0.472. The van der Waals surface area contributed by atoms with Crippen molar-refractivity contribution in [2.45, 2.75) is 24.2 Å². The second-order valence-corrected chi connectivity index (χ2v) is 7.60. The average molecular weight is 327 g/mol. The normalized spacial score (nSPS) is 18.7. The summed E-state index contributed by atoms with van der Waals surface area (Å²) in [5, 5.41) is 9.15. The van der Waals surface area contributed by atoms with E-state index in [9.17, 15) is 8.42 Å². The van der Waals surface area contributed by atoms with Gasteiger partial charge < -0.3 is 0 Å². The largest absolute Gasteiger partial charge is 0.264 e. The zero-order valence-electron chi connectivity index (χ0n) is 12.8. The Bertz CT molecular complexity index is 871. The number of aromatic nitrogens is 1. The lowest BCUT2D eigenvalue weighted by Gasteiger charge is -2.18. The van der Waals surface area contributed by atoms with Crippen LogP contribution in [0.2, 0.25) is 0 Å². The Morgan fingerprint density at radius 1 is 1.30 bits per heavy atom. The van der Waals surface area contributed by atoms with Gasteiger partial charge in [0.15, 0.2) is 0 Å². The van der Waals surface area contributed by atoms with Gasteiger partial charge in [-0.3, -0.25) is 4.98 Å². The molecule has 1 aromatic carbocycles. The Balaban J connectivity index is 1.89. The Hall–Kier alpha value is -2.23. The van der Waals surface area contributed by atoms with Gasteiger partial charge >= 0.3 is 0 Å². The first-order chi connectivity index (χ1) is 11.0. The zero-order chi connectivity index (χ0) is 16.4. The molecule has 0 aliphatic carbocycles. The fraction of sp³-hybridized carbons (Fsp3) is 0.294. The smallest absolute Gasteiger partial charge is 0.244 e. The second-order valence-electron chi connectivity index (χ2n) is 5.69. The van der Waals surface area contributed by atoms with E-state index in [4.69, 9.17) is 5.26 Å². The first kappa shape index (κ1) is 15.7. The van der Waals surface area contributed by atoms with E-state index in [2.05, 4.69) is 4.98 Å². The van der Waals surface area contributed by atoms with Gasteiger partial charge in [-0.2, -0.15) is 9.57 Å². The van der Waals surface area contributed by atoms with E-state index in [1.54, 1.807) is 18.3 Å². The number of rotatable bonds is 3. The van der Waals surface area contributed by atoms with E-state index in [0.717, 1.165) is 17.5 Å². The van der Waals surface area contributed by atoms with Crippen LogP contribution in [0.3, 0.4) is 0 Å². The average Bonchev–Trinajstić information content (AvgIpc) is 3.06. The number of nitriles is 1. The van der Waals surface area contributed by atoms with Crippen molar-refractivity contribution in [3.63, 3.8) is 0 Å². The summed E-state index contributed by atoms with van der Waals surface area (Å²) in [6, 6.07) is 10.2. The van der Waals surface area contributed by atoms with E-state index >= 15 is 0 Å². The molecule has 5 nitrogen and oxygen atoms in total. The second kappa shape index (κ2) is 6.11. The molecule has 0 amide bonds.